The summed E-state index contributed by atoms with van der Waals surface area (Å²) in [5.41, 5.74) is 8.09. The van der Waals surface area contributed by atoms with E-state index >= 15 is 0 Å². The molecule has 3 N–H and O–H groups in total. The number of nitrogens with zero attached hydrogens (tertiary/aromatic N) is 6. The Hall–Kier alpha value is -5.30. The van der Waals surface area contributed by atoms with E-state index in [2.05, 4.69) is 26.3 Å². The van der Waals surface area contributed by atoms with Crippen molar-refractivity contribution in [3.8, 4) is 28.9 Å². The van der Waals surface area contributed by atoms with E-state index < -0.39 is 6.04 Å². The highest BCUT2D eigenvalue weighted by molar-refractivity contribution is 5.93. The first-order valence-electron chi connectivity index (χ1n) is 11.4. The molecule has 0 fully saturated rings. The number of benzene rings is 2. The molecule has 0 radical (unpaired) electrons. The van der Waals surface area contributed by atoms with E-state index in [0.717, 1.165) is 0 Å². The molecule has 3 aromatic heterocycles. The van der Waals surface area contributed by atoms with Gasteiger partial charge in [-0.1, -0.05) is 36.4 Å². The summed E-state index contributed by atoms with van der Waals surface area (Å²) in [4.78, 5) is 31.6. The fraction of sp³-hybridized carbons (Fsp3) is 0.111. The van der Waals surface area contributed by atoms with E-state index in [1.165, 1.54) is 6.20 Å². The molecule has 10 heteroatoms. The lowest BCUT2D eigenvalue weighted by Gasteiger charge is -2.21. The average molecular weight is 491 g/mol. The van der Waals surface area contributed by atoms with Crippen molar-refractivity contribution in [2.24, 2.45) is 0 Å². The quantitative estimate of drug-likeness (QED) is 0.362. The second-order valence-corrected chi connectivity index (χ2v) is 8.18. The summed E-state index contributed by atoms with van der Waals surface area (Å²) in [6.45, 7) is 1.83. The van der Waals surface area contributed by atoms with Gasteiger partial charge in [-0.3, -0.25) is 9.36 Å². The minimum absolute atomic E-state index is 0.0241. The van der Waals surface area contributed by atoms with Crippen molar-refractivity contribution in [3.63, 3.8) is 0 Å². The zero-order chi connectivity index (χ0) is 25.9. The van der Waals surface area contributed by atoms with E-state index in [0.29, 0.717) is 39.6 Å². The number of ether oxygens (including phenoxy) is 1. The molecule has 5 aromatic rings. The van der Waals surface area contributed by atoms with Crippen LogP contribution in [0, 0.1) is 11.3 Å². The fourth-order valence-corrected chi connectivity index (χ4v) is 4.11. The third-order valence-corrected chi connectivity index (χ3v) is 5.81. The van der Waals surface area contributed by atoms with Crippen LogP contribution in [0.15, 0.2) is 77.7 Å². The van der Waals surface area contributed by atoms with Gasteiger partial charge in [0.25, 0.3) is 5.56 Å². The molecule has 2 aromatic carbocycles. The smallest absolute Gasteiger partial charge is 0.266 e. The Balaban J connectivity index is 1.74. The van der Waals surface area contributed by atoms with Crippen LogP contribution in [0.4, 0.5) is 11.8 Å². The summed E-state index contributed by atoms with van der Waals surface area (Å²) in [5, 5.41) is 13.1. The number of nitrogens with two attached hydrogens (primary N) is 1. The predicted octanol–water partition coefficient (Wildman–Crippen LogP) is 3.87. The van der Waals surface area contributed by atoms with Crippen LogP contribution in [-0.4, -0.2) is 31.6 Å². The molecule has 182 valence electrons. The normalized spacial score (nSPS) is 11.6. The molecule has 37 heavy (non-hydrogen) atoms. The second kappa shape index (κ2) is 9.75. The lowest BCUT2D eigenvalue weighted by Crippen LogP contribution is -2.28. The average Bonchev–Trinajstić information content (AvgIpc) is 2.93. The van der Waals surface area contributed by atoms with Crippen LogP contribution in [0.3, 0.4) is 0 Å². The van der Waals surface area contributed by atoms with Crippen molar-refractivity contribution in [1.82, 2.24) is 24.5 Å². The zero-order valence-electron chi connectivity index (χ0n) is 20.1. The molecule has 0 amide bonds. The maximum atomic E-state index is 14.2. The number of nitrogen functional groups attached to an aromatic ring is 1. The number of nitriles is 1. The largest absolute Gasteiger partial charge is 0.481 e. The summed E-state index contributed by atoms with van der Waals surface area (Å²) in [6, 6.07) is 21.6. The topological polar surface area (TPSA) is 145 Å². The van der Waals surface area contributed by atoms with Crippen LogP contribution < -0.4 is 21.3 Å². The zero-order valence-corrected chi connectivity index (χ0v) is 20.1. The standard InChI is InChI=1S/C27H22N8O2/c1-16(31-24-17(14-28)15-30-27(29)34-24)25-33-21-12-6-10-19(20-11-7-13-22(32-20)37-2)23(21)26(36)35(25)18-8-4-3-5-9-18/h3-13,15-16H,1-2H3,(H3,29,30,31,34). The van der Waals surface area contributed by atoms with Crippen LogP contribution in [-0.2, 0) is 0 Å². The van der Waals surface area contributed by atoms with Crippen molar-refractivity contribution in [3.05, 3.63) is 94.7 Å². The lowest BCUT2D eigenvalue weighted by molar-refractivity contribution is 0.398. The molecule has 0 bridgehead atoms. The third-order valence-electron chi connectivity index (χ3n) is 5.81. The van der Waals surface area contributed by atoms with Gasteiger partial charge in [0.2, 0.25) is 11.8 Å². The van der Waals surface area contributed by atoms with Crippen LogP contribution in [0.25, 0.3) is 27.8 Å². The number of aromatic nitrogens is 5. The minimum Gasteiger partial charge on any atom is -0.481 e. The molecule has 1 unspecified atom stereocenters. The van der Waals surface area contributed by atoms with Crippen molar-refractivity contribution >= 4 is 22.7 Å². The fourth-order valence-electron chi connectivity index (χ4n) is 4.11. The van der Waals surface area contributed by atoms with Crippen LogP contribution in [0.2, 0.25) is 0 Å². The number of hydrogen-bond donors (Lipinski definition) is 2. The van der Waals surface area contributed by atoms with Crippen molar-refractivity contribution in [2.45, 2.75) is 13.0 Å². The molecule has 1 atom stereocenters. The number of para-hydroxylation sites is 1. The molecular weight excluding hydrogens is 468 g/mol. The van der Waals surface area contributed by atoms with Gasteiger partial charge in [0.15, 0.2) is 0 Å². The van der Waals surface area contributed by atoms with Crippen molar-refractivity contribution < 1.29 is 4.74 Å². The Morgan fingerprint density at radius 1 is 1.03 bits per heavy atom. The van der Waals surface area contributed by atoms with Gasteiger partial charge in [0.1, 0.15) is 23.3 Å². The van der Waals surface area contributed by atoms with E-state index in [4.69, 9.17) is 15.5 Å². The number of nitrogens with one attached hydrogen (secondary N) is 1. The van der Waals surface area contributed by atoms with Gasteiger partial charge in [-0.15, -0.1) is 0 Å². The summed E-state index contributed by atoms with van der Waals surface area (Å²) in [5.74, 6) is 1.15. The SMILES string of the molecule is COc1cccc(-c2cccc3nc(C(C)Nc4nc(N)ncc4C#N)n(-c4ccccc4)c(=O)c23)n1. The highest BCUT2D eigenvalue weighted by atomic mass is 16.5. The number of pyridine rings is 1. The molecule has 0 saturated heterocycles. The molecule has 0 aliphatic heterocycles. The van der Waals surface area contributed by atoms with Gasteiger partial charge in [-0.2, -0.15) is 10.2 Å². The molecule has 3 heterocycles. The number of rotatable bonds is 6. The Kier molecular flexibility index (Phi) is 6.18. The summed E-state index contributed by atoms with van der Waals surface area (Å²) in [7, 11) is 1.54. The van der Waals surface area contributed by atoms with Gasteiger partial charge < -0.3 is 15.8 Å². The van der Waals surface area contributed by atoms with Crippen molar-refractivity contribution in [2.75, 3.05) is 18.2 Å². The summed E-state index contributed by atoms with van der Waals surface area (Å²) >= 11 is 0. The first kappa shape index (κ1) is 23.4. The van der Waals surface area contributed by atoms with Gasteiger partial charge >= 0.3 is 0 Å². The number of hydrogen-bond acceptors (Lipinski definition) is 9. The van der Waals surface area contributed by atoms with Crippen LogP contribution in [0.5, 0.6) is 5.88 Å². The summed E-state index contributed by atoms with van der Waals surface area (Å²) in [6.07, 6.45) is 1.35. The van der Waals surface area contributed by atoms with E-state index in [-0.39, 0.29) is 22.9 Å². The van der Waals surface area contributed by atoms with Crippen LogP contribution in [0.1, 0.15) is 24.4 Å². The Bertz CT molecular complexity index is 1710. The molecule has 5 rings (SSSR count). The van der Waals surface area contributed by atoms with Crippen molar-refractivity contribution in [1.29, 1.82) is 5.26 Å². The number of anilines is 2. The summed E-state index contributed by atoms with van der Waals surface area (Å²) < 4.78 is 6.84. The molecule has 0 aliphatic carbocycles. The molecule has 0 saturated carbocycles. The maximum Gasteiger partial charge on any atom is 0.266 e. The first-order valence-corrected chi connectivity index (χ1v) is 11.4. The number of methoxy groups -OCH3 is 1. The van der Waals surface area contributed by atoms with Gasteiger partial charge in [-0.25, -0.2) is 15.0 Å². The first-order chi connectivity index (χ1) is 18.0. The third kappa shape index (κ3) is 4.41. The van der Waals surface area contributed by atoms with E-state index in [1.54, 1.807) is 23.8 Å². The lowest BCUT2D eigenvalue weighted by atomic mass is 10.0. The molecular formula is C27H22N8O2. The van der Waals surface area contributed by atoms with Gasteiger partial charge in [-0.05, 0) is 31.2 Å². The minimum atomic E-state index is -0.530. The molecule has 10 nitrogen and oxygen atoms in total. The molecule has 0 spiro atoms. The second-order valence-electron chi connectivity index (χ2n) is 8.18. The van der Waals surface area contributed by atoms with E-state index in [9.17, 15) is 10.1 Å². The highest BCUT2D eigenvalue weighted by Crippen LogP contribution is 2.28. The maximum absolute atomic E-state index is 14.2. The Morgan fingerprint density at radius 2 is 1.81 bits per heavy atom. The van der Waals surface area contributed by atoms with Gasteiger partial charge in [0.05, 0.1) is 41.6 Å². The van der Waals surface area contributed by atoms with Crippen LogP contribution >= 0.6 is 0 Å². The Labute approximate surface area is 212 Å². The monoisotopic (exact) mass is 490 g/mol. The van der Waals surface area contributed by atoms with E-state index in [1.807, 2.05) is 61.5 Å². The Morgan fingerprint density at radius 3 is 2.57 bits per heavy atom. The predicted molar refractivity (Wildman–Crippen MR) is 140 cm³/mol. The molecule has 0 aliphatic rings. The van der Waals surface area contributed by atoms with Gasteiger partial charge in [0, 0.05) is 11.6 Å². The highest BCUT2D eigenvalue weighted by Gasteiger charge is 2.22. The number of fused-ring (bicyclic) bond motifs is 1.